The highest BCUT2D eigenvalue weighted by molar-refractivity contribution is 6.33. The Kier molecular flexibility index (Phi) is 8.18. The van der Waals surface area contributed by atoms with Gasteiger partial charge in [-0.3, -0.25) is 33.8 Å². The summed E-state index contributed by atoms with van der Waals surface area (Å²) in [6, 6.07) is 7.76. The van der Waals surface area contributed by atoms with Crippen molar-refractivity contribution >= 4 is 29.0 Å². The third-order valence-corrected chi connectivity index (χ3v) is 11.5. The van der Waals surface area contributed by atoms with Gasteiger partial charge in [-0.2, -0.15) is 0 Å². The van der Waals surface area contributed by atoms with Crippen molar-refractivity contribution in [2.24, 2.45) is 28.4 Å². The number of aromatic hydroxyl groups is 1. The van der Waals surface area contributed by atoms with E-state index in [1.54, 1.807) is 34.2 Å². The zero-order valence-electron chi connectivity index (χ0n) is 28.3. The lowest BCUT2D eigenvalue weighted by Crippen LogP contribution is -2.79. The first-order valence-electron chi connectivity index (χ1n) is 16.3. The zero-order chi connectivity index (χ0) is 35.1. The number of Topliss-reactive ketones (excluding diaryl/α,β-unsaturated/α-hetero) is 4. The van der Waals surface area contributed by atoms with Gasteiger partial charge >= 0.3 is 0 Å². The fourth-order valence-electron chi connectivity index (χ4n) is 9.31. The van der Waals surface area contributed by atoms with Crippen molar-refractivity contribution in [2.45, 2.75) is 44.9 Å². The number of hydrogen-bond donors (Lipinski definition) is 3. The molecule has 3 aliphatic carbocycles. The van der Waals surface area contributed by atoms with E-state index in [0.29, 0.717) is 17.7 Å². The summed E-state index contributed by atoms with van der Waals surface area (Å²) in [4.78, 5) is 75.0. The molecule has 6 rings (SSSR count). The van der Waals surface area contributed by atoms with Crippen LogP contribution in [0.4, 0.5) is 0 Å². The fraction of sp³-hybridized carbons (Fsp3) is 0.528. The predicted molar refractivity (Wildman–Crippen MR) is 175 cm³/mol. The molecule has 2 saturated carbocycles. The second-order valence-electron chi connectivity index (χ2n) is 14.9. The number of benzene rings is 2. The second kappa shape index (κ2) is 11.6. The lowest BCUT2D eigenvalue weighted by Gasteiger charge is -2.61. The van der Waals surface area contributed by atoms with Crippen LogP contribution in [0.1, 0.15) is 41.8 Å². The van der Waals surface area contributed by atoms with Crippen LogP contribution < -0.4 is 10.5 Å². The van der Waals surface area contributed by atoms with Crippen LogP contribution >= 0.6 is 0 Å². The Morgan fingerprint density at radius 3 is 2.31 bits per heavy atom. The van der Waals surface area contributed by atoms with Crippen LogP contribution in [-0.4, -0.2) is 120 Å². The van der Waals surface area contributed by atoms with Crippen LogP contribution in [0.3, 0.4) is 0 Å². The van der Waals surface area contributed by atoms with Gasteiger partial charge in [0.05, 0.1) is 24.6 Å². The van der Waals surface area contributed by atoms with Crippen molar-refractivity contribution in [3.8, 4) is 22.6 Å². The molecule has 2 unspecified atom stereocenters. The number of amides is 1. The first-order valence-corrected chi connectivity index (χ1v) is 16.3. The SMILES string of the molecule is COc1ccc(-c2ccc(O)c3c2C[C@@]2(C)C[C@@]4(C)[C@H](N(C)C)C(=O)C(C(N)=O)C(=O)[C@@]4(O)C(=O)C2C3=O)cc1CN1CCN(C)CC1. The molecule has 2 aromatic rings. The van der Waals surface area contributed by atoms with Crippen molar-refractivity contribution in [1.82, 2.24) is 14.7 Å². The number of fused-ring (bicyclic) bond motifs is 3. The molecule has 0 spiro atoms. The van der Waals surface area contributed by atoms with Crippen molar-refractivity contribution < 1.29 is 38.9 Å². The summed E-state index contributed by atoms with van der Waals surface area (Å²) in [6.45, 7) is 7.64. The second-order valence-corrected chi connectivity index (χ2v) is 14.9. The molecule has 2 aromatic carbocycles. The van der Waals surface area contributed by atoms with Gasteiger partial charge < -0.3 is 25.6 Å². The Morgan fingerprint density at radius 1 is 1.04 bits per heavy atom. The van der Waals surface area contributed by atoms with Gasteiger partial charge in [-0.25, -0.2) is 0 Å². The summed E-state index contributed by atoms with van der Waals surface area (Å²) in [7, 11) is 6.87. The average molecular weight is 661 g/mol. The Bertz CT molecular complexity index is 1750. The minimum absolute atomic E-state index is 0.0399. The zero-order valence-corrected chi connectivity index (χ0v) is 28.3. The molecule has 6 atom stereocenters. The summed E-state index contributed by atoms with van der Waals surface area (Å²) in [5, 5.41) is 23.3. The van der Waals surface area contributed by atoms with Crippen LogP contribution in [0.15, 0.2) is 30.3 Å². The molecule has 256 valence electrons. The lowest BCUT2D eigenvalue weighted by molar-refractivity contribution is -0.203. The first kappa shape index (κ1) is 33.9. The van der Waals surface area contributed by atoms with Gasteiger partial charge in [0.25, 0.3) is 0 Å². The summed E-state index contributed by atoms with van der Waals surface area (Å²) in [5.41, 5.74) is 2.75. The molecule has 1 saturated heterocycles. The number of carbonyl (C=O) groups is 5. The van der Waals surface area contributed by atoms with E-state index < -0.39 is 63.3 Å². The molecule has 4 N–H and O–H groups in total. The van der Waals surface area contributed by atoms with E-state index in [1.807, 2.05) is 18.2 Å². The van der Waals surface area contributed by atoms with Crippen LogP contribution in [0, 0.1) is 22.7 Å². The molecule has 1 amide bonds. The highest BCUT2D eigenvalue weighted by atomic mass is 16.5. The molecular weight excluding hydrogens is 616 g/mol. The molecule has 48 heavy (non-hydrogen) atoms. The minimum Gasteiger partial charge on any atom is -0.507 e. The number of nitrogens with zero attached hydrogens (tertiary/aromatic N) is 3. The van der Waals surface area contributed by atoms with E-state index in [9.17, 15) is 34.2 Å². The Morgan fingerprint density at radius 2 is 1.71 bits per heavy atom. The van der Waals surface area contributed by atoms with E-state index >= 15 is 0 Å². The van der Waals surface area contributed by atoms with Crippen LogP contribution in [-0.2, 0) is 32.1 Å². The molecule has 1 aliphatic heterocycles. The van der Waals surface area contributed by atoms with Crippen molar-refractivity contribution in [3.05, 3.63) is 47.0 Å². The number of phenols is 1. The number of hydrogen-bond acceptors (Lipinski definition) is 11. The van der Waals surface area contributed by atoms with Gasteiger partial charge in [-0.15, -0.1) is 0 Å². The largest absolute Gasteiger partial charge is 0.507 e. The maximum absolute atomic E-state index is 14.5. The van der Waals surface area contributed by atoms with Crippen molar-refractivity contribution in [1.29, 1.82) is 0 Å². The maximum Gasteiger partial charge on any atom is 0.235 e. The number of ketones is 4. The number of methoxy groups -OCH3 is 1. The van der Waals surface area contributed by atoms with E-state index in [2.05, 4.69) is 16.8 Å². The third kappa shape index (κ3) is 4.75. The lowest BCUT2D eigenvalue weighted by atomic mass is 9.42. The number of aliphatic hydroxyl groups is 1. The first-order chi connectivity index (χ1) is 22.5. The fourth-order valence-corrected chi connectivity index (χ4v) is 9.31. The molecule has 3 fully saturated rings. The Balaban J connectivity index is 1.47. The highest BCUT2D eigenvalue weighted by Gasteiger charge is 2.76. The molecule has 4 aliphatic rings. The van der Waals surface area contributed by atoms with Gasteiger partial charge in [0.2, 0.25) is 5.91 Å². The van der Waals surface area contributed by atoms with Crippen LogP contribution in [0.2, 0.25) is 0 Å². The summed E-state index contributed by atoms with van der Waals surface area (Å²) in [5.74, 6) is -8.27. The number of carbonyl (C=O) groups excluding carboxylic acids is 5. The molecule has 0 bridgehead atoms. The van der Waals surface area contributed by atoms with Gasteiger partial charge in [-0.05, 0) is 74.3 Å². The summed E-state index contributed by atoms with van der Waals surface area (Å²) in [6.07, 6.45) is 0.0672. The van der Waals surface area contributed by atoms with Gasteiger partial charge in [0.1, 0.15) is 11.5 Å². The van der Waals surface area contributed by atoms with Gasteiger partial charge in [0.15, 0.2) is 34.7 Å². The van der Waals surface area contributed by atoms with E-state index in [0.717, 1.165) is 43.1 Å². The van der Waals surface area contributed by atoms with Crippen LogP contribution in [0.25, 0.3) is 11.1 Å². The van der Waals surface area contributed by atoms with E-state index in [4.69, 9.17) is 10.5 Å². The normalized spacial score (nSPS) is 32.5. The van der Waals surface area contributed by atoms with Crippen LogP contribution in [0.5, 0.6) is 11.5 Å². The van der Waals surface area contributed by atoms with Crippen molar-refractivity contribution in [3.63, 3.8) is 0 Å². The molecule has 12 nitrogen and oxygen atoms in total. The number of primary amides is 1. The minimum atomic E-state index is -2.84. The quantitative estimate of drug-likeness (QED) is 0.379. The molecule has 0 aromatic heterocycles. The standard InChI is InChI=1S/C36H44N4O8/c1-34-16-22-21(19-7-10-24(48-6)20(15-19)17-40-13-11-39(5)12-14-40)8-9-23(41)25(22)28(42)27(34)32(45)36(47)31(44)26(33(37)46)29(43)30(38(3)4)35(36,2)18-34/h7-10,15,26-27,30,41,47H,11-14,16-18H2,1-6H3,(H2,37,46)/t26?,27?,30-,34+,35+,36-/m1/s1. The highest BCUT2D eigenvalue weighted by Crippen LogP contribution is 2.62. The number of nitrogens with two attached hydrogens (primary N) is 1. The number of piperazine rings is 1. The number of phenolic OH excluding ortho intramolecular Hbond substituents is 1. The third-order valence-electron chi connectivity index (χ3n) is 11.5. The predicted octanol–water partition coefficient (Wildman–Crippen LogP) is 1.07. The number of rotatable bonds is 6. The molecule has 1 heterocycles. The molecular formula is C36H44N4O8. The summed E-state index contributed by atoms with van der Waals surface area (Å²) >= 11 is 0. The summed E-state index contributed by atoms with van der Waals surface area (Å²) < 4.78 is 5.71. The van der Waals surface area contributed by atoms with Crippen molar-refractivity contribution in [2.75, 3.05) is 54.4 Å². The van der Waals surface area contributed by atoms with E-state index in [1.165, 1.54) is 17.9 Å². The molecule has 0 radical (unpaired) electrons. The average Bonchev–Trinajstić information content (AvgIpc) is 3.00. The van der Waals surface area contributed by atoms with Gasteiger partial charge in [0, 0.05) is 43.7 Å². The van der Waals surface area contributed by atoms with Gasteiger partial charge in [-0.1, -0.05) is 26.0 Å². The van der Waals surface area contributed by atoms with E-state index in [-0.39, 0.29) is 24.2 Å². The number of likely N-dealkylation sites (N-methyl/N-ethyl adjacent to an activating group) is 2. The molecule has 12 heteroatoms. The smallest absolute Gasteiger partial charge is 0.235 e. The Hall–Kier alpha value is -3.97. The monoisotopic (exact) mass is 660 g/mol. The number of ether oxygens (including phenoxy) is 1. The maximum atomic E-state index is 14.5. The topological polar surface area (TPSA) is 171 Å². The Labute approximate surface area is 279 Å².